The zero-order valence-electron chi connectivity index (χ0n) is 9.84. The van der Waals surface area contributed by atoms with E-state index in [0.717, 1.165) is 0 Å². The standard InChI is InChI=1S/C16H19/c1-2-4-7-13-11-12-14-8-6-10-16(14)15(13)9-5-3-1/h6,8,10-12H,1-5,7,9H2. The maximum absolute atomic E-state index is 2.36. The zero-order chi connectivity index (χ0) is 10.8. The lowest BCUT2D eigenvalue weighted by Crippen LogP contribution is -1.98. The highest BCUT2D eigenvalue weighted by Crippen LogP contribution is 2.30. The topological polar surface area (TPSA) is 0 Å². The lowest BCUT2D eigenvalue weighted by atomic mass is 9.92. The molecule has 0 spiro atoms. The van der Waals surface area contributed by atoms with Gasteiger partial charge in [-0.3, -0.25) is 0 Å². The number of allylic oxidation sites excluding steroid dienone is 1. The molecule has 0 aromatic heterocycles. The lowest BCUT2D eigenvalue weighted by Gasteiger charge is -2.13. The number of rotatable bonds is 0. The van der Waals surface area contributed by atoms with Crippen molar-refractivity contribution in [2.24, 2.45) is 0 Å². The minimum Gasteiger partial charge on any atom is -0.0754 e. The second-order valence-corrected chi connectivity index (χ2v) is 5.00. The van der Waals surface area contributed by atoms with Crippen LogP contribution < -0.4 is 0 Å². The van der Waals surface area contributed by atoms with Crippen LogP contribution in [0, 0.1) is 6.42 Å². The number of hydrogen-bond donors (Lipinski definition) is 0. The highest BCUT2D eigenvalue weighted by atomic mass is 14.2. The summed E-state index contributed by atoms with van der Waals surface area (Å²) in [6.45, 7) is 0. The summed E-state index contributed by atoms with van der Waals surface area (Å²) in [5.74, 6) is 0. The van der Waals surface area contributed by atoms with E-state index in [4.69, 9.17) is 0 Å². The van der Waals surface area contributed by atoms with E-state index in [1.807, 2.05) is 0 Å². The quantitative estimate of drug-likeness (QED) is 0.599. The number of hydrogen-bond acceptors (Lipinski definition) is 0. The van der Waals surface area contributed by atoms with E-state index in [-0.39, 0.29) is 0 Å². The second kappa shape index (κ2) is 4.45. The molecule has 0 fully saturated rings. The van der Waals surface area contributed by atoms with Gasteiger partial charge in [0.25, 0.3) is 0 Å². The third-order valence-corrected chi connectivity index (χ3v) is 3.90. The first-order valence-electron chi connectivity index (χ1n) is 6.61. The molecule has 1 aromatic carbocycles. The summed E-state index contributed by atoms with van der Waals surface area (Å²) in [5.41, 5.74) is 6.20. The molecule has 0 saturated heterocycles. The highest BCUT2D eigenvalue weighted by molar-refractivity contribution is 5.69. The van der Waals surface area contributed by atoms with Crippen molar-refractivity contribution in [1.29, 1.82) is 0 Å². The van der Waals surface area contributed by atoms with Crippen molar-refractivity contribution in [2.75, 3.05) is 0 Å². The highest BCUT2D eigenvalue weighted by Gasteiger charge is 2.14. The van der Waals surface area contributed by atoms with Crippen molar-refractivity contribution < 1.29 is 0 Å². The number of aryl methyl sites for hydroxylation is 1. The Balaban J connectivity index is 2.01. The molecular formula is C16H19. The fourth-order valence-corrected chi connectivity index (χ4v) is 3.00. The van der Waals surface area contributed by atoms with Crippen LogP contribution >= 0.6 is 0 Å². The molecule has 0 aliphatic heterocycles. The Labute approximate surface area is 98.4 Å². The van der Waals surface area contributed by atoms with E-state index in [0.29, 0.717) is 0 Å². The zero-order valence-corrected chi connectivity index (χ0v) is 9.84. The summed E-state index contributed by atoms with van der Waals surface area (Å²) in [7, 11) is 0. The summed E-state index contributed by atoms with van der Waals surface area (Å²) >= 11 is 0. The molecular weight excluding hydrogens is 192 g/mol. The number of benzene rings is 1. The second-order valence-electron chi connectivity index (χ2n) is 5.00. The minimum absolute atomic E-state index is 1.29. The van der Waals surface area contributed by atoms with E-state index in [1.54, 1.807) is 11.1 Å². The van der Waals surface area contributed by atoms with Crippen LogP contribution in [0.5, 0.6) is 0 Å². The first kappa shape index (κ1) is 10.1. The molecule has 1 radical (unpaired) electrons. The molecule has 0 nitrogen and oxygen atoms in total. The molecule has 3 rings (SSSR count). The van der Waals surface area contributed by atoms with Crippen LogP contribution in [0.15, 0.2) is 18.2 Å². The van der Waals surface area contributed by atoms with Crippen LogP contribution in [0.3, 0.4) is 0 Å². The van der Waals surface area contributed by atoms with E-state index in [9.17, 15) is 0 Å². The smallest absolute Gasteiger partial charge is 0.0131 e. The van der Waals surface area contributed by atoms with E-state index in [1.165, 1.54) is 56.1 Å². The maximum atomic E-state index is 2.36. The summed E-state index contributed by atoms with van der Waals surface area (Å²) < 4.78 is 0. The van der Waals surface area contributed by atoms with Crippen LogP contribution in [-0.2, 0) is 12.8 Å². The maximum Gasteiger partial charge on any atom is 0.0131 e. The van der Waals surface area contributed by atoms with Gasteiger partial charge in [0.2, 0.25) is 0 Å². The van der Waals surface area contributed by atoms with Gasteiger partial charge in [-0.2, -0.15) is 0 Å². The monoisotopic (exact) mass is 211 g/mol. The van der Waals surface area contributed by atoms with Crippen LogP contribution in [0.2, 0.25) is 0 Å². The predicted octanol–water partition coefficient (Wildman–Crippen LogP) is 4.31. The molecule has 0 N–H and O–H groups in total. The van der Waals surface area contributed by atoms with Gasteiger partial charge < -0.3 is 0 Å². The average molecular weight is 211 g/mol. The van der Waals surface area contributed by atoms with Crippen LogP contribution in [-0.4, -0.2) is 0 Å². The molecule has 83 valence electrons. The minimum atomic E-state index is 1.29. The molecule has 1 aromatic rings. The molecule has 0 heterocycles. The van der Waals surface area contributed by atoms with E-state index < -0.39 is 0 Å². The molecule has 16 heavy (non-hydrogen) atoms. The Bertz CT molecular complexity index is 412. The van der Waals surface area contributed by atoms with E-state index >= 15 is 0 Å². The van der Waals surface area contributed by atoms with Gasteiger partial charge in [-0.05, 0) is 47.9 Å². The molecule has 0 amide bonds. The Kier molecular flexibility index (Phi) is 2.82. The molecule has 2 aliphatic carbocycles. The number of fused-ring (bicyclic) bond motifs is 3. The predicted molar refractivity (Wildman–Crippen MR) is 69.4 cm³/mol. The van der Waals surface area contributed by atoms with Crippen LogP contribution in [0.25, 0.3) is 6.08 Å². The first-order chi connectivity index (χ1) is 7.95. The fourth-order valence-electron chi connectivity index (χ4n) is 3.00. The Hall–Kier alpha value is -1.04. The largest absolute Gasteiger partial charge is 0.0754 e. The van der Waals surface area contributed by atoms with Gasteiger partial charge in [-0.15, -0.1) is 0 Å². The summed E-state index contributed by atoms with van der Waals surface area (Å²) in [6, 6.07) is 4.66. The van der Waals surface area contributed by atoms with Crippen molar-refractivity contribution in [3.63, 3.8) is 0 Å². The summed E-state index contributed by atoms with van der Waals surface area (Å²) in [4.78, 5) is 0. The van der Waals surface area contributed by atoms with Gasteiger partial charge in [0.15, 0.2) is 0 Å². The van der Waals surface area contributed by atoms with Gasteiger partial charge in [-0.1, -0.05) is 43.5 Å². The SMILES string of the molecule is [CH]1C=Cc2c1ccc1c2CCCCCCC1. The summed E-state index contributed by atoms with van der Waals surface area (Å²) in [6.07, 6.45) is 16.3. The normalized spacial score (nSPS) is 19.5. The van der Waals surface area contributed by atoms with Crippen molar-refractivity contribution >= 4 is 6.08 Å². The van der Waals surface area contributed by atoms with Crippen molar-refractivity contribution in [1.82, 2.24) is 0 Å². The van der Waals surface area contributed by atoms with Gasteiger partial charge in [0.05, 0.1) is 0 Å². The molecule has 0 saturated carbocycles. The average Bonchev–Trinajstić information content (AvgIpc) is 2.80. The third-order valence-electron chi connectivity index (χ3n) is 3.90. The van der Waals surface area contributed by atoms with Gasteiger partial charge in [0.1, 0.15) is 0 Å². The lowest BCUT2D eigenvalue weighted by molar-refractivity contribution is 0.629. The van der Waals surface area contributed by atoms with E-state index in [2.05, 4.69) is 30.7 Å². The Morgan fingerprint density at radius 1 is 0.812 bits per heavy atom. The van der Waals surface area contributed by atoms with Gasteiger partial charge in [-0.25, -0.2) is 0 Å². The van der Waals surface area contributed by atoms with Crippen LogP contribution in [0.1, 0.15) is 54.4 Å². The van der Waals surface area contributed by atoms with Crippen LogP contribution in [0.4, 0.5) is 0 Å². The Morgan fingerprint density at radius 2 is 1.62 bits per heavy atom. The first-order valence-corrected chi connectivity index (χ1v) is 6.61. The summed E-state index contributed by atoms with van der Waals surface area (Å²) in [5, 5.41) is 0. The Morgan fingerprint density at radius 3 is 2.56 bits per heavy atom. The third kappa shape index (κ3) is 1.81. The van der Waals surface area contributed by atoms with Crippen molar-refractivity contribution in [3.05, 3.63) is 46.9 Å². The molecule has 0 unspecified atom stereocenters. The van der Waals surface area contributed by atoms with Gasteiger partial charge in [0, 0.05) is 6.42 Å². The molecule has 0 heteroatoms. The van der Waals surface area contributed by atoms with Crippen molar-refractivity contribution in [2.45, 2.75) is 44.9 Å². The molecule has 2 aliphatic rings. The molecule has 0 atom stereocenters. The fraction of sp³-hybridized carbons (Fsp3) is 0.438. The van der Waals surface area contributed by atoms with Gasteiger partial charge >= 0.3 is 0 Å². The molecule has 0 bridgehead atoms. The van der Waals surface area contributed by atoms with Crippen molar-refractivity contribution in [3.8, 4) is 0 Å².